The van der Waals surface area contributed by atoms with Gasteiger partial charge in [-0.15, -0.1) is 0 Å². The number of nitro groups is 1. The van der Waals surface area contributed by atoms with Crippen LogP contribution in [-0.2, 0) is 6.54 Å². The highest BCUT2D eigenvalue weighted by molar-refractivity contribution is 5.93. The Kier molecular flexibility index (Phi) is 3.47. The fourth-order valence-electron chi connectivity index (χ4n) is 2.20. The smallest absolute Gasteiger partial charge is 0.269 e. The van der Waals surface area contributed by atoms with Gasteiger partial charge in [-0.2, -0.15) is 0 Å². The molecule has 1 heterocycles. The number of benzene rings is 2. The van der Waals surface area contributed by atoms with E-state index < -0.39 is 4.92 Å². The molecule has 0 bridgehead atoms. The highest BCUT2D eigenvalue weighted by atomic mass is 16.6. The molecule has 21 heavy (non-hydrogen) atoms. The summed E-state index contributed by atoms with van der Waals surface area (Å²) in [6.45, 7) is 0.603. The van der Waals surface area contributed by atoms with Crippen molar-refractivity contribution in [1.82, 2.24) is 4.98 Å². The summed E-state index contributed by atoms with van der Waals surface area (Å²) in [4.78, 5) is 14.4. The van der Waals surface area contributed by atoms with Crippen molar-refractivity contribution >= 4 is 22.1 Å². The van der Waals surface area contributed by atoms with E-state index in [0.29, 0.717) is 6.54 Å². The van der Waals surface area contributed by atoms with Gasteiger partial charge in [0.05, 0.1) is 4.92 Å². The summed E-state index contributed by atoms with van der Waals surface area (Å²) in [6.07, 6.45) is 3.59. The molecule has 0 unspecified atom stereocenters. The van der Waals surface area contributed by atoms with Crippen LogP contribution in [-0.4, -0.2) is 9.91 Å². The van der Waals surface area contributed by atoms with E-state index in [4.69, 9.17) is 0 Å². The Morgan fingerprint density at radius 2 is 1.90 bits per heavy atom. The molecule has 0 saturated carbocycles. The van der Waals surface area contributed by atoms with Gasteiger partial charge in [0.2, 0.25) is 0 Å². The lowest BCUT2D eigenvalue weighted by atomic mass is 10.1. The van der Waals surface area contributed by atoms with Crippen LogP contribution in [0.2, 0.25) is 0 Å². The van der Waals surface area contributed by atoms with E-state index in [2.05, 4.69) is 10.3 Å². The predicted molar refractivity (Wildman–Crippen MR) is 82.2 cm³/mol. The number of non-ortho nitro benzene ring substituents is 1. The predicted octanol–water partition coefficient (Wildman–Crippen LogP) is 3.76. The number of pyridine rings is 1. The van der Waals surface area contributed by atoms with Crippen molar-refractivity contribution in [3.05, 3.63) is 76.6 Å². The van der Waals surface area contributed by atoms with E-state index in [1.165, 1.54) is 12.1 Å². The average molecular weight is 279 g/mol. The molecular formula is C16H13N3O2. The number of aromatic nitrogens is 1. The SMILES string of the molecule is O=[N+]([O-])c1ccc(CNc2cccc3ccncc23)cc1. The molecule has 0 aliphatic carbocycles. The number of nitrogens with zero attached hydrogens (tertiary/aromatic N) is 2. The van der Waals surface area contributed by atoms with Crippen molar-refractivity contribution in [3.63, 3.8) is 0 Å². The monoisotopic (exact) mass is 279 g/mol. The van der Waals surface area contributed by atoms with Crippen LogP contribution in [0.25, 0.3) is 10.8 Å². The highest BCUT2D eigenvalue weighted by Gasteiger charge is 2.04. The topological polar surface area (TPSA) is 68.1 Å². The minimum atomic E-state index is -0.395. The molecule has 0 spiro atoms. The minimum Gasteiger partial charge on any atom is -0.380 e. The van der Waals surface area contributed by atoms with Crippen molar-refractivity contribution in [3.8, 4) is 0 Å². The first-order valence-electron chi connectivity index (χ1n) is 6.54. The zero-order chi connectivity index (χ0) is 14.7. The van der Waals surface area contributed by atoms with Crippen LogP contribution in [0.3, 0.4) is 0 Å². The third kappa shape index (κ3) is 2.81. The molecule has 5 heteroatoms. The molecule has 3 rings (SSSR count). The summed E-state index contributed by atoms with van der Waals surface area (Å²) < 4.78 is 0. The molecule has 0 amide bonds. The lowest BCUT2D eigenvalue weighted by Gasteiger charge is -2.09. The highest BCUT2D eigenvalue weighted by Crippen LogP contribution is 2.22. The van der Waals surface area contributed by atoms with Gasteiger partial charge in [-0.1, -0.05) is 24.3 Å². The first kappa shape index (κ1) is 13.1. The first-order valence-corrected chi connectivity index (χ1v) is 6.54. The number of rotatable bonds is 4. The second kappa shape index (κ2) is 5.58. The van der Waals surface area contributed by atoms with Crippen LogP contribution >= 0.6 is 0 Å². The second-order valence-electron chi connectivity index (χ2n) is 4.68. The first-order chi connectivity index (χ1) is 10.2. The number of nitro benzene ring substituents is 1. The van der Waals surface area contributed by atoms with Crippen molar-refractivity contribution < 1.29 is 4.92 Å². The lowest BCUT2D eigenvalue weighted by molar-refractivity contribution is -0.384. The van der Waals surface area contributed by atoms with Gasteiger partial charge in [0.25, 0.3) is 5.69 Å². The number of nitrogens with one attached hydrogen (secondary N) is 1. The van der Waals surface area contributed by atoms with Gasteiger partial charge < -0.3 is 5.32 Å². The van der Waals surface area contributed by atoms with E-state index in [9.17, 15) is 10.1 Å². The molecular weight excluding hydrogens is 266 g/mol. The van der Waals surface area contributed by atoms with Crippen molar-refractivity contribution in [2.45, 2.75) is 6.54 Å². The van der Waals surface area contributed by atoms with Crippen LogP contribution < -0.4 is 5.32 Å². The van der Waals surface area contributed by atoms with Gasteiger partial charge >= 0.3 is 0 Å². The summed E-state index contributed by atoms with van der Waals surface area (Å²) >= 11 is 0. The maximum absolute atomic E-state index is 10.6. The van der Waals surface area contributed by atoms with Gasteiger partial charge in [-0.25, -0.2) is 0 Å². The standard InChI is InChI=1S/C16H13N3O2/c20-19(21)14-6-4-12(5-7-14)10-18-16-3-1-2-13-8-9-17-11-15(13)16/h1-9,11,18H,10H2. The molecule has 0 aliphatic heterocycles. The molecule has 5 nitrogen and oxygen atoms in total. The molecule has 2 aromatic carbocycles. The Morgan fingerprint density at radius 3 is 2.67 bits per heavy atom. The molecule has 0 radical (unpaired) electrons. The fraction of sp³-hybridized carbons (Fsp3) is 0.0625. The van der Waals surface area contributed by atoms with E-state index in [0.717, 1.165) is 22.0 Å². The number of fused-ring (bicyclic) bond motifs is 1. The van der Waals surface area contributed by atoms with E-state index in [1.54, 1.807) is 18.3 Å². The van der Waals surface area contributed by atoms with Crippen LogP contribution in [0, 0.1) is 10.1 Å². The Bertz CT molecular complexity index is 780. The zero-order valence-corrected chi connectivity index (χ0v) is 11.2. The van der Waals surface area contributed by atoms with Crippen LogP contribution in [0.5, 0.6) is 0 Å². The van der Waals surface area contributed by atoms with E-state index in [1.807, 2.05) is 30.5 Å². The summed E-state index contributed by atoms with van der Waals surface area (Å²) in [7, 11) is 0. The van der Waals surface area contributed by atoms with Gasteiger partial charge in [-0.3, -0.25) is 15.1 Å². The zero-order valence-electron chi connectivity index (χ0n) is 11.2. The second-order valence-corrected chi connectivity index (χ2v) is 4.68. The number of hydrogen-bond acceptors (Lipinski definition) is 4. The van der Waals surface area contributed by atoms with Crippen molar-refractivity contribution in [2.75, 3.05) is 5.32 Å². The van der Waals surface area contributed by atoms with Gasteiger partial charge in [0, 0.05) is 42.1 Å². The molecule has 1 aromatic heterocycles. The third-order valence-electron chi connectivity index (χ3n) is 3.31. The Morgan fingerprint density at radius 1 is 1.10 bits per heavy atom. The Labute approximate surface area is 121 Å². The minimum absolute atomic E-state index is 0.105. The van der Waals surface area contributed by atoms with Crippen LogP contribution in [0.4, 0.5) is 11.4 Å². The van der Waals surface area contributed by atoms with E-state index >= 15 is 0 Å². The lowest BCUT2D eigenvalue weighted by Crippen LogP contribution is -2.00. The molecule has 0 fully saturated rings. The summed E-state index contributed by atoms with van der Waals surface area (Å²) in [5.74, 6) is 0. The molecule has 3 aromatic rings. The van der Waals surface area contributed by atoms with Crippen LogP contribution in [0.15, 0.2) is 60.9 Å². The van der Waals surface area contributed by atoms with Crippen molar-refractivity contribution in [1.29, 1.82) is 0 Å². The molecule has 0 aliphatic rings. The van der Waals surface area contributed by atoms with Gasteiger partial charge in [0.1, 0.15) is 0 Å². The number of anilines is 1. The number of hydrogen-bond donors (Lipinski definition) is 1. The maximum atomic E-state index is 10.6. The van der Waals surface area contributed by atoms with E-state index in [-0.39, 0.29) is 5.69 Å². The largest absolute Gasteiger partial charge is 0.380 e. The van der Waals surface area contributed by atoms with Crippen molar-refractivity contribution in [2.24, 2.45) is 0 Å². The third-order valence-corrected chi connectivity index (χ3v) is 3.31. The molecule has 104 valence electrons. The molecule has 1 N–H and O–H groups in total. The quantitative estimate of drug-likeness (QED) is 0.583. The molecule has 0 saturated heterocycles. The van der Waals surface area contributed by atoms with Gasteiger partial charge in [0.15, 0.2) is 0 Å². The normalized spacial score (nSPS) is 10.5. The fourth-order valence-corrected chi connectivity index (χ4v) is 2.20. The van der Waals surface area contributed by atoms with Crippen LogP contribution in [0.1, 0.15) is 5.56 Å². The molecule has 0 atom stereocenters. The maximum Gasteiger partial charge on any atom is 0.269 e. The Balaban J connectivity index is 1.79. The Hall–Kier alpha value is -2.95. The summed E-state index contributed by atoms with van der Waals surface area (Å²) in [6, 6.07) is 14.5. The average Bonchev–Trinajstić information content (AvgIpc) is 2.53. The van der Waals surface area contributed by atoms with Gasteiger partial charge in [-0.05, 0) is 23.1 Å². The summed E-state index contributed by atoms with van der Waals surface area (Å²) in [5.41, 5.74) is 2.09. The summed E-state index contributed by atoms with van der Waals surface area (Å²) in [5, 5.41) is 16.1.